The van der Waals surface area contributed by atoms with Gasteiger partial charge < -0.3 is 0 Å². The molecule has 2 heterocycles. The third-order valence-corrected chi connectivity index (χ3v) is 5.89. The van der Waals surface area contributed by atoms with Crippen molar-refractivity contribution in [2.45, 2.75) is 23.9 Å². The number of pyridine rings is 1. The van der Waals surface area contributed by atoms with Crippen LogP contribution in [0.15, 0.2) is 78.0 Å². The topological polar surface area (TPSA) is 52.0 Å². The van der Waals surface area contributed by atoms with E-state index in [0.29, 0.717) is 11.6 Å². The third-order valence-electron chi connectivity index (χ3n) is 4.95. The molecule has 0 spiro atoms. The highest BCUT2D eigenvalue weighted by Gasteiger charge is 2.22. The van der Waals surface area contributed by atoms with Crippen LogP contribution in [0.4, 0.5) is 0 Å². The van der Waals surface area contributed by atoms with Crippen molar-refractivity contribution in [2.75, 3.05) is 13.1 Å². The lowest BCUT2D eigenvalue weighted by Crippen LogP contribution is -2.28. The van der Waals surface area contributed by atoms with Crippen LogP contribution in [0, 0.1) is 11.3 Å². The molecule has 0 bridgehead atoms. The number of nitriles is 1. The number of hydrogen-bond acceptors (Lipinski definition) is 5. The summed E-state index contributed by atoms with van der Waals surface area (Å²) in [5, 5.41) is 9.01. The van der Waals surface area contributed by atoms with Gasteiger partial charge in [-0.1, -0.05) is 30.3 Å². The average Bonchev–Trinajstić information content (AvgIpc) is 3.21. The fourth-order valence-corrected chi connectivity index (χ4v) is 4.29. The summed E-state index contributed by atoms with van der Waals surface area (Å²) in [5.41, 5.74) is 4.47. The molecule has 0 amide bonds. The molecule has 1 unspecified atom stereocenters. The van der Waals surface area contributed by atoms with Gasteiger partial charge in [0.25, 0.3) is 0 Å². The van der Waals surface area contributed by atoms with Gasteiger partial charge >= 0.3 is 0 Å². The molecule has 2 aromatic carbocycles. The first-order chi connectivity index (χ1) is 13.8. The summed E-state index contributed by atoms with van der Waals surface area (Å²) >= 11 is 1.62. The molecule has 1 aliphatic heterocycles. The van der Waals surface area contributed by atoms with Crippen LogP contribution in [0.1, 0.15) is 17.5 Å². The van der Waals surface area contributed by atoms with E-state index < -0.39 is 0 Å². The predicted molar refractivity (Wildman–Crippen MR) is 114 cm³/mol. The number of nitrogens with zero attached hydrogens (tertiary/aromatic N) is 3. The van der Waals surface area contributed by atoms with Crippen molar-refractivity contribution in [3.63, 3.8) is 0 Å². The average molecular weight is 387 g/mol. The Morgan fingerprint density at radius 1 is 1.07 bits per heavy atom. The van der Waals surface area contributed by atoms with Crippen LogP contribution < -0.4 is 4.72 Å². The van der Waals surface area contributed by atoms with Gasteiger partial charge in [-0.05, 0) is 65.4 Å². The fourth-order valence-electron chi connectivity index (χ4n) is 3.46. The minimum absolute atomic E-state index is 0.465. The Morgan fingerprint density at radius 3 is 2.64 bits per heavy atom. The Morgan fingerprint density at radius 2 is 1.86 bits per heavy atom. The van der Waals surface area contributed by atoms with Gasteiger partial charge in [0, 0.05) is 43.0 Å². The zero-order chi connectivity index (χ0) is 19.2. The Balaban J connectivity index is 1.28. The van der Waals surface area contributed by atoms with Gasteiger partial charge in [-0.15, -0.1) is 0 Å². The van der Waals surface area contributed by atoms with Gasteiger partial charge in [0.15, 0.2) is 0 Å². The number of aromatic nitrogens is 1. The van der Waals surface area contributed by atoms with Crippen LogP contribution in [0.3, 0.4) is 0 Å². The zero-order valence-corrected chi connectivity index (χ0v) is 16.4. The highest BCUT2D eigenvalue weighted by Crippen LogP contribution is 2.22. The van der Waals surface area contributed by atoms with E-state index in [4.69, 9.17) is 5.26 Å². The van der Waals surface area contributed by atoms with Crippen LogP contribution in [-0.4, -0.2) is 29.0 Å². The zero-order valence-electron chi connectivity index (χ0n) is 15.6. The molecular weight excluding hydrogens is 364 g/mol. The lowest BCUT2D eigenvalue weighted by molar-refractivity contribution is 0.325. The largest absolute Gasteiger partial charge is 0.297 e. The molecule has 1 saturated heterocycles. The molecule has 140 valence electrons. The Kier molecular flexibility index (Phi) is 6.03. The molecule has 3 aromatic rings. The molecule has 0 aliphatic carbocycles. The summed E-state index contributed by atoms with van der Waals surface area (Å²) in [6.07, 6.45) is 4.80. The monoisotopic (exact) mass is 386 g/mol. The van der Waals surface area contributed by atoms with Crippen molar-refractivity contribution < 1.29 is 0 Å². The van der Waals surface area contributed by atoms with E-state index in [2.05, 4.69) is 44.9 Å². The van der Waals surface area contributed by atoms with Crippen molar-refractivity contribution in [2.24, 2.45) is 0 Å². The molecule has 4 rings (SSSR count). The van der Waals surface area contributed by atoms with Crippen molar-refractivity contribution >= 4 is 11.9 Å². The van der Waals surface area contributed by atoms with Crippen molar-refractivity contribution in [3.05, 3.63) is 84.2 Å². The maximum Gasteiger partial charge on any atom is 0.0992 e. The molecule has 1 N–H and O–H groups in total. The second-order valence-corrected chi connectivity index (χ2v) is 7.92. The smallest absolute Gasteiger partial charge is 0.0992 e. The van der Waals surface area contributed by atoms with Gasteiger partial charge in [-0.25, -0.2) is 0 Å². The Hall–Kier alpha value is -2.65. The SMILES string of the molecule is N#Cc1cccc(SNC2CCN(Cc3ccc(-c4ccncc4)cc3)C2)c1. The number of likely N-dealkylation sites (tertiary alicyclic amines) is 1. The summed E-state index contributed by atoms with van der Waals surface area (Å²) in [6.45, 7) is 3.11. The Labute approximate surface area is 170 Å². The molecule has 0 radical (unpaired) electrons. The quantitative estimate of drug-likeness (QED) is 0.633. The van der Waals surface area contributed by atoms with E-state index in [1.807, 2.05) is 48.8 Å². The molecule has 1 aromatic heterocycles. The van der Waals surface area contributed by atoms with E-state index in [1.165, 1.54) is 16.7 Å². The highest BCUT2D eigenvalue weighted by molar-refractivity contribution is 7.97. The van der Waals surface area contributed by atoms with Crippen LogP contribution >= 0.6 is 11.9 Å². The maximum absolute atomic E-state index is 9.01. The number of hydrogen-bond donors (Lipinski definition) is 1. The fraction of sp³-hybridized carbons (Fsp3) is 0.217. The van der Waals surface area contributed by atoms with E-state index in [0.717, 1.165) is 31.0 Å². The number of benzene rings is 2. The van der Waals surface area contributed by atoms with Gasteiger partial charge in [0.1, 0.15) is 0 Å². The standard InChI is InChI=1S/C23H22N4S/c24-15-19-2-1-3-23(14-19)28-26-22-10-13-27(17-22)16-18-4-6-20(7-5-18)21-8-11-25-12-9-21/h1-9,11-12,14,22,26H,10,13,16-17H2. The lowest BCUT2D eigenvalue weighted by Gasteiger charge is -2.17. The van der Waals surface area contributed by atoms with E-state index in [1.54, 1.807) is 11.9 Å². The van der Waals surface area contributed by atoms with Gasteiger partial charge in [-0.2, -0.15) is 5.26 Å². The molecular formula is C23H22N4S. The normalized spacial score (nSPS) is 16.8. The minimum Gasteiger partial charge on any atom is -0.297 e. The Bertz CT molecular complexity index is 950. The summed E-state index contributed by atoms with van der Waals surface area (Å²) in [5.74, 6) is 0. The van der Waals surface area contributed by atoms with Crippen LogP contribution in [0.2, 0.25) is 0 Å². The highest BCUT2D eigenvalue weighted by atomic mass is 32.2. The van der Waals surface area contributed by atoms with Crippen LogP contribution in [0.25, 0.3) is 11.1 Å². The van der Waals surface area contributed by atoms with Crippen molar-refractivity contribution in [1.29, 1.82) is 5.26 Å². The summed E-state index contributed by atoms with van der Waals surface area (Å²) < 4.78 is 3.56. The van der Waals surface area contributed by atoms with Gasteiger partial charge in [-0.3, -0.25) is 14.6 Å². The van der Waals surface area contributed by atoms with Crippen LogP contribution in [-0.2, 0) is 6.54 Å². The predicted octanol–water partition coefficient (Wildman–Crippen LogP) is 4.49. The van der Waals surface area contributed by atoms with E-state index >= 15 is 0 Å². The molecule has 1 atom stereocenters. The molecule has 1 fully saturated rings. The first-order valence-electron chi connectivity index (χ1n) is 9.44. The first-order valence-corrected chi connectivity index (χ1v) is 10.3. The van der Waals surface area contributed by atoms with Crippen molar-refractivity contribution in [1.82, 2.24) is 14.6 Å². The molecule has 5 heteroatoms. The molecule has 1 aliphatic rings. The van der Waals surface area contributed by atoms with E-state index in [9.17, 15) is 0 Å². The maximum atomic E-state index is 9.01. The minimum atomic E-state index is 0.465. The van der Waals surface area contributed by atoms with Gasteiger partial charge in [0.2, 0.25) is 0 Å². The second kappa shape index (κ2) is 9.03. The van der Waals surface area contributed by atoms with Crippen molar-refractivity contribution in [3.8, 4) is 17.2 Å². The molecule has 4 nitrogen and oxygen atoms in total. The lowest BCUT2D eigenvalue weighted by atomic mass is 10.1. The molecule has 28 heavy (non-hydrogen) atoms. The summed E-state index contributed by atoms with van der Waals surface area (Å²) in [6, 6.07) is 23.3. The number of rotatable bonds is 6. The molecule has 0 saturated carbocycles. The van der Waals surface area contributed by atoms with E-state index in [-0.39, 0.29) is 0 Å². The summed E-state index contributed by atoms with van der Waals surface area (Å²) in [7, 11) is 0. The number of nitrogens with one attached hydrogen (secondary N) is 1. The summed E-state index contributed by atoms with van der Waals surface area (Å²) in [4.78, 5) is 7.66. The second-order valence-electron chi connectivity index (χ2n) is 7.01. The first kappa shape index (κ1) is 18.7. The van der Waals surface area contributed by atoms with Crippen LogP contribution in [0.5, 0.6) is 0 Å². The van der Waals surface area contributed by atoms with Gasteiger partial charge in [0.05, 0.1) is 11.6 Å². The third kappa shape index (κ3) is 4.79.